The normalized spacial score (nSPS) is 18.1. The minimum atomic E-state index is -0.442. The fourth-order valence-corrected chi connectivity index (χ4v) is 2.93. The van der Waals surface area contributed by atoms with E-state index >= 15 is 0 Å². The smallest absolute Gasteiger partial charge is 0.410 e. The van der Waals surface area contributed by atoms with E-state index in [-0.39, 0.29) is 11.5 Å². The number of hydrogen-bond acceptors (Lipinski definition) is 3. The van der Waals surface area contributed by atoms with E-state index in [1.807, 2.05) is 26.8 Å². The largest absolute Gasteiger partial charge is 0.444 e. The van der Waals surface area contributed by atoms with Gasteiger partial charge in [0.25, 0.3) is 0 Å². The van der Waals surface area contributed by atoms with Crippen molar-refractivity contribution in [2.45, 2.75) is 52.6 Å². The van der Waals surface area contributed by atoms with Crippen molar-refractivity contribution in [1.82, 2.24) is 9.88 Å². The van der Waals surface area contributed by atoms with Crippen molar-refractivity contribution in [3.63, 3.8) is 0 Å². The average Bonchev–Trinajstić information content (AvgIpc) is 2.40. The number of amides is 1. The first kappa shape index (κ1) is 17.1. The number of aromatic nitrogens is 1. The Hall–Kier alpha value is -1.29. The highest BCUT2D eigenvalue weighted by Gasteiger charge is 2.34. The summed E-state index contributed by atoms with van der Waals surface area (Å²) in [6.07, 6.45) is 6.07. The third-order valence-corrected chi connectivity index (χ3v) is 4.44. The molecule has 2 rings (SSSR count). The summed E-state index contributed by atoms with van der Waals surface area (Å²) in [5, 5.41) is 0.721. The van der Waals surface area contributed by atoms with Gasteiger partial charge in [-0.2, -0.15) is 0 Å². The lowest BCUT2D eigenvalue weighted by atomic mass is 9.76. The van der Waals surface area contributed by atoms with Gasteiger partial charge < -0.3 is 9.64 Å². The lowest BCUT2D eigenvalue weighted by Gasteiger charge is -2.40. The molecule has 0 spiro atoms. The van der Waals surface area contributed by atoms with Gasteiger partial charge >= 0.3 is 6.09 Å². The van der Waals surface area contributed by atoms with Crippen LogP contribution in [-0.4, -0.2) is 34.7 Å². The molecule has 1 aromatic rings. The van der Waals surface area contributed by atoms with Crippen LogP contribution in [0.2, 0.25) is 5.02 Å². The molecule has 0 aliphatic carbocycles. The molecule has 1 aliphatic heterocycles. The third kappa shape index (κ3) is 4.60. The zero-order valence-corrected chi connectivity index (χ0v) is 14.6. The summed E-state index contributed by atoms with van der Waals surface area (Å²) in [5.74, 6) is 0. The second-order valence-electron chi connectivity index (χ2n) is 7.42. The van der Waals surface area contributed by atoms with Crippen molar-refractivity contribution in [3.8, 4) is 0 Å². The molecule has 122 valence electrons. The molecule has 0 atom stereocenters. The van der Waals surface area contributed by atoms with Crippen LogP contribution in [0.4, 0.5) is 4.79 Å². The van der Waals surface area contributed by atoms with Crippen LogP contribution in [0.25, 0.3) is 0 Å². The number of piperidine rings is 1. The summed E-state index contributed by atoms with van der Waals surface area (Å²) in [6.45, 7) is 9.40. The Morgan fingerprint density at radius 3 is 2.59 bits per heavy atom. The quantitative estimate of drug-likeness (QED) is 0.813. The number of carbonyl (C=O) groups is 1. The maximum Gasteiger partial charge on any atom is 0.410 e. The third-order valence-electron chi connectivity index (χ3n) is 4.10. The van der Waals surface area contributed by atoms with Crippen LogP contribution >= 0.6 is 11.6 Å². The Bertz CT molecular complexity index is 532. The van der Waals surface area contributed by atoms with E-state index in [0.29, 0.717) is 0 Å². The molecule has 1 saturated heterocycles. The molecule has 22 heavy (non-hydrogen) atoms. The number of rotatable bonds is 2. The first-order chi connectivity index (χ1) is 10.2. The van der Waals surface area contributed by atoms with E-state index in [1.54, 1.807) is 17.3 Å². The Morgan fingerprint density at radius 1 is 1.41 bits per heavy atom. The van der Waals surface area contributed by atoms with Gasteiger partial charge in [0.1, 0.15) is 5.60 Å². The van der Waals surface area contributed by atoms with Crippen molar-refractivity contribution in [2.75, 3.05) is 13.1 Å². The van der Waals surface area contributed by atoms with E-state index in [0.717, 1.165) is 42.9 Å². The number of likely N-dealkylation sites (tertiary alicyclic amines) is 1. The van der Waals surface area contributed by atoms with Gasteiger partial charge in [-0.25, -0.2) is 4.79 Å². The fourth-order valence-electron chi connectivity index (χ4n) is 2.74. The standard InChI is InChI=1S/C17H25ClN2O2/c1-16(2,3)22-15(21)20-9-6-17(4,7-10-20)11-13-5-8-19-12-14(13)18/h5,8,12H,6-7,9-11H2,1-4H3. The number of carbonyl (C=O) groups excluding carboxylic acids is 1. The molecule has 1 aliphatic rings. The van der Waals surface area contributed by atoms with Crippen LogP contribution in [0.5, 0.6) is 0 Å². The Labute approximate surface area is 137 Å². The number of ether oxygens (including phenoxy) is 1. The van der Waals surface area contributed by atoms with Gasteiger partial charge in [-0.05, 0) is 57.1 Å². The van der Waals surface area contributed by atoms with Gasteiger partial charge in [0.2, 0.25) is 0 Å². The monoisotopic (exact) mass is 324 g/mol. The molecule has 0 saturated carbocycles. The highest BCUT2D eigenvalue weighted by atomic mass is 35.5. The predicted molar refractivity (Wildman–Crippen MR) is 88.1 cm³/mol. The number of pyridine rings is 1. The lowest BCUT2D eigenvalue weighted by molar-refractivity contribution is 0.0119. The zero-order chi connectivity index (χ0) is 16.4. The van der Waals surface area contributed by atoms with E-state index in [2.05, 4.69) is 11.9 Å². The lowest BCUT2D eigenvalue weighted by Crippen LogP contribution is -2.45. The summed E-state index contributed by atoms with van der Waals surface area (Å²) in [5.41, 5.74) is 0.844. The van der Waals surface area contributed by atoms with Gasteiger partial charge in [0, 0.05) is 25.5 Å². The van der Waals surface area contributed by atoms with E-state index in [9.17, 15) is 4.79 Å². The van der Waals surface area contributed by atoms with E-state index < -0.39 is 5.60 Å². The molecular formula is C17H25ClN2O2. The molecule has 4 nitrogen and oxygen atoms in total. The van der Waals surface area contributed by atoms with Crippen LogP contribution < -0.4 is 0 Å². The van der Waals surface area contributed by atoms with Crippen LogP contribution in [0.15, 0.2) is 18.5 Å². The van der Waals surface area contributed by atoms with Gasteiger partial charge in [0.15, 0.2) is 0 Å². The highest BCUT2D eigenvalue weighted by Crippen LogP contribution is 2.36. The SMILES string of the molecule is CC1(Cc2ccncc2Cl)CCN(C(=O)OC(C)(C)C)CC1. The molecule has 0 aromatic carbocycles. The van der Waals surface area contributed by atoms with Gasteiger partial charge in [-0.15, -0.1) is 0 Å². The van der Waals surface area contributed by atoms with Crippen LogP contribution in [-0.2, 0) is 11.2 Å². The van der Waals surface area contributed by atoms with Crippen LogP contribution in [0.3, 0.4) is 0 Å². The molecule has 0 N–H and O–H groups in total. The van der Waals surface area contributed by atoms with Crippen molar-refractivity contribution >= 4 is 17.7 Å². The maximum atomic E-state index is 12.1. The molecule has 1 fully saturated rings. The number of halogens is 1. The number of hydrogen-bond donors (Lipinski definition) is 0. The first-order valence-electron chi connectivity index (χ1n) is 7.75. The van der Waals surface area contributed by atoms with Gasteiger partial charge in [-0.3, -0.25) is 4.98 Å². The summed E-state index contributed by atoms with van der Waals surface area (Å²) in [6, 6.07) is 1.98. The van der Waals surface area contributed by atoms with Crippen LogP contribution in [0.1, 0.15) is 46.1 Å². The van der Waals surface area contributed by atoms with E-state index in [4.69, 9.17) is 16.3 Å². The van der Waals surface area contributed by atoms with Crippen molar-refractivity contribution in [1.29, 1.82) is 0 Å². The van der Waals surface area contributed by atoms with Gasteiger partial charge in [0.05, 0.1) is 5.02 Å². The molecule has 1 amide bonds. The molecule has 2 heterocycles. The minimum absolute atomic E-state index is 0.156. The van der Waals surface area contributed by atoms with E-state index in [1.165, 1.54) is 0 Å². The molecule has 0 unspecified atom stereocenters. The van der Waals surface area contributed by atoms with Crippen LogP contribution in [0, 0.1) is 5.41 Å². The highest BCUT2D eigenvalue weighted by molar-refractivity contribution is 6.31. The van der Waals surface area contributed by atoms with Gasteiger partial charge in [-0.1, -0.05) is 18.5 Å². The predicted octanol–water partition coefficient (Wildman–Crippen LogP) is 4.31. The Balaban J connectivity index is 1.93. The van der Waals surface area contributed by atoms with Crippen molar-refractivity contribution in [2.24, 2.45) is 5.41 Å². The summed E-state index contributed by atoms with van der Waals surface area (Å²) in [7, 11) is 0. The summed E-state index contributed by atoms with van der Waals surface area (Å²) < 4.78 is 5.44. The van der Waals surface area contributed by atoms with Crippen molar-refractivity contribution < 1.29 is 9.53 Å². The molecule has 0 radical (unpaired) electrons. The molecule has 1 aromatic heterocycles. The minimum Gasteiger partial charge on any atom is -0.444 e. The Kier molecular flexibility index (Phi) is 5.00. The maximum absolute atomic E-state index is 12.1. The zero-order valence-electron chi connectivity index (χ0n) is 13.9. The summed E-state index contributed by atoms with van der Waals surface area (Å²) in [4.78, 5) is 17.9. The topological polar surface area (TPSA) is 42.4 Å². The fraction of sp³-hybridized carbons (Fsp3) is 0.647. The average molecular weight is 325 g/mol. The molecule has 5 heteroatoms. The molecule has 0 bridgehead atoms. The first-order valence-corrected chi connectivity index (χ1v) is 8.13. The van der Waals surface area contributed by atoms with Crippen molar-refractivity contribution in [3.05, 3.63) is 29.0 Å². The molecular weight excluding hydrogens is 300 g/mol. The number of nitrogens with zero attached hydrogens (tertiary/aromatic N) is 2. The second-order valence-corrected chi connectivity index (χ2v) is 7.83. The summed E-state index contributed by atoms with van der Waals surface area (Å²) >= 11 is 6.21. The second kappa shape index (κ2) is 6.45. The Morgan fingerprint density at radius 2 is 2.05 bits per heavy atom.